The number of aryl methyl sites for hydroxylation is 1. The zero-order valence-corrected chi connectivity index (χ0v) is 16.8. The van der Waals surface area contributed by atoms with Crippen LogP contribution in [0.3, 0.4) is 0 Å². The number of hydrogen-bond acceptors (Lipinski definition) is 3. The van der Waals surface area contributed by atoms with Crippen LogP contribution in [0.5, 0.6) is 0 Å². The molecule has 0 radical (unpaired) electrons. The molecule has 0 aliphatic carbocycles. The molecule has 1 saturated heterocycles. The van der Waals surface area contributed by atoms with Crippen molar-refractivity contribution in [3.63, 3.8) is 0 Å². The maximum atomic E-state index is 12.8. The largest absolute Gasteiger partial charge is 0.326 e. The Kier molecular flexibility index (Phi) is 6.19. The topological polar surface area (TPSA) is 66.5 Å². The van der Waals surface area contributed by atoms with Gasteiger partial charge in [-0.15, -0.1) is 0 Å². The Balaban J connectivity index is 1.67. The van der Waals surface area contributed by atoms with E-state index in [0.29, 0.717) is 30.1 Å². The fourth-order valence-electron chi connectivity index (χ4n) is 3.29. The molecule has 1 atom stereocenters. The predicted molar refractivity (Wildman–Crippen MR) is 108 cm³/mol. The number of hydrogen-bond donors (Lipinski definition) is 1. The Morgan fingerprint density at radius 2 is 1.96 bits per heavy atom. The van der Waals surface area contributed by atoms with Crippen molar-refractivity contribution >= 4 is 33.2 Å². The lowest BCUT2D eigenvalue weighted by molar-refractivity contribution is -0.120. The molecule has 5 nitrogen and oxygen atoms in total. The second kappa shape index (κ2) is 8.42. The van der Waals surface area contributed by atoms with E-state index in [1.807, 2.05) is 25.1 Å². The standard InChI is InChI=1S/C20H23ClN2O3S/c1-15-12-18(21)9-10-19(15)22-20(24)17-8-5-11-23(13-17)27(25,26)14-16-6-3-2-4-7-16/h2-4,6-7,9-10,12,17H,5,8,11,13-14H2,1H3,(H,22,24)/t17-/m1/s1. The van der Waals surface area contributed by atoms with E-state index >= 15 is 0 Å². The number of carbonyl (C=O) groups excluding carboxylic acids is 1. The molecule has 1 aliphatic heterocycles. The summed E-state index contributed by atoms with van der Waals surface area (Å²) in [5.41, 5.74) is 2.33. The number of anilines is 1. The average molecular weight is 407 g/mol. The minimum absolute atomic E-state index is 0.0432. The summed E-state index contributed by atoms with van der Waals surface area (Å²) in [6, 6.07) is 14.4. The van der Waals surface area contributed by atoms with Gasteiger partial charge in [0, 0.05) is 23.8 Å². The third kappa shape index (κ3) is 5.09. The van der Waals surface area contributed by atoms with Crippen molar-refractivity contribution in [2.45, 2.75) is 25.5 Å². The lowest BCUT2D eigenvalue weighted by atomic mass is 9.98. The fraction of sp³-hybridized carbons (Fsp3) is 0.350. The van der Waals surface area contributed by atoms with Crippen LogP contribution in [0.25, 0.3) is 0 Å². The van der Waals surface area contributed by atoms with Crippen LogP contribution in [0.4, 0.5) is 5.69 Å². The number of carbonyl (C=O) groups is 1. The Hall–Kier alpha value is -1.89. The Labute approximate surface area is 165 Å². The SMILES string of the molecule is Cc1cc(Cl)ccc1NC(=O)[C@@H]1CCCN(S(=O)(=O)Cc2ccccc2)C1. The van der Waals surface area contributed by atoms with Crippen LogP contribution in [-0.2, 0) is 20.6 Å². The number of rotatable bonds is 5. The Morgan fingerprint density at radius 1 is 1.22 bits per heavy atom. The van der Waals surface area contributed by atoms with Gasteiger partial charge in [-0.25, -0.2) is 12.7 Å². The summed E-state index contributed by atoms with van der Waals surface area (Å²) in [4.78, 5) is 12.7. The second-order valence-electron chi connectivity index (χ2n) is 6.89. The molecule has 2 aromatic carbocycles. The first-order valence-electron chi connectivity index (χ1n) is 8.94. The van der Waals surface area contributed by atoms with Gasteiger partial charge in [0.1, 0.15) is 0 Å². The molecule has 7 heteroatoms. The van der Waals surface area contributed by atoms with E-state index in [0.717, 1.165) is 11.1 Å². The molecule has 3 rings (SSSR count). The van der Waals surface area contributed by atoms with E-state index in [1.165, 1.54) is 4.31 Å². The molecule has 2 aromatic rings. The van der Waals surface area contributed by atoms with Crippen molar-refractivity contribution < 1.29 is 13.2 Å². The first-order valence-corrected chi connectivity index (χ1v) is 10.9. The molecule has 144 valence electrons. The number of sulfonamides is 1. The molecule has 27 heavy (non-hydrogen) atoms. The maximum absolute atomic E-state index is 12.8. The van der Waals surface area contributed by atoms with Gasteiger partial charge in [0.25, 0.3) is 0 Å². The summed E-state index contributed by atoms with van der Waals surface area (Å²) in [5, 5.41) is 3.52. The molecule has 1 amide bonds. The van der Waals surface area contributed by atoms with Crippen molar-refractivity contribution in [1.82, 2.24) is 4.31 Å². The van der Waals surface area contributed by atoms with Crippen LogP contribution in [0.1, 0.15) is 24.0 Å². The van der Waals surface area contributed by atoms with Gasteiger partial charge in [-0.3, -0.25) is 4.79 Å². The smallest absolute Gasteiger partial charge is 0.228 e. The van der Waals surface area contributed by atoms with Gasteiger partial charge in [-0.1, -0.05) is 41.9 Å². The second-order valence-corrected chi connectivity index (χ2v) is 9.29. The lowest BCUT2D eigenvalue weighted by Gasteiger charge is -2.31. The molecular formula is C20H23ClN2O3S. The number of halogens is 1. The summed E-state index contributed by atoms with van der Waals surface area (Å²) in [6.45, 7) is 2.55. The van der Waals surface area contributed by atoms with Crippen molar-refractivity contribution in [3.05, 3.63) is 64.7 Å². The van der Waals surface area contributed by atoms with E-state index in [9.17, 15) is 13.2 Å². The Bertz CT molecular complexity index is 916. The molecule has 1 aliphatic rings. The van der Waals surface area contributed by atoms with E-state index in [2.05, 4.69) is 5.32 Å². The predicted octanol–water partition coefficient (Wildman–Crippen LogP) is 3.83. The van der Waals surface area contributed by atoms with Gasteiger partial charge in [0.05, 0.1) is 11.7 Å². The van der Waals surface area contributed by atoms with Crippen LogP contribution in [0.15, 0.2) is 48.5 Å². The molecule has 1 fully saturated rings. The number of benzene rings is 2. The van der Waals surface area contributed by atoms with Crippen molar-refractivity contribution in [3.8, 4) is 0 Å². The molecular weight excluding hydrogens is 384 g/mol. The third-order valence-electron chi connectivity index (χ3n) is 4.79. The molecule has 1 heterocycles. The van der Waals surface area contributed by atoms with Gasteiger partial charge in [-0.2, -0.15) is 0 Å². The molecule has 0 saturated carbocycles. The summed E-state index contributed by atoms with van der Waals surface area (Å²) >= 11 is 5.95. The van der Waals surface area contributed by atoms with E-state index < -0.39 is 10.0 Å². The van der Waals surface area contributed by atoms with Crippen LogP contribution in [-0.4, -0.2) is 31.7 Å². The van der Waals surface area contributed by atoms with Crippen molar-refractivity contribution in [1.29, 1.82) is 0 Å². The average Bonchev–Trinajstić information content (AvgIpc) is 2.64. The molecule has 0 unspecified atom stereocenters. The van der Waals surface area contributed by atoms with Crippen molar-refractivity contribution in [2.24, 2.45) is 5.92 Å². The number of amides is 1. The highest BCUT2D eigenvalue weighted by Gasteiger charge is 2.32. The van der Waals surface area contributed by atoms with Crippen LogP contribution in [0, 0.1) is 12.8 Å². The lowest BCUT2D eigenvalue weighted by Crippen LogP contribution is -2.44. The molecule has 0 spiro atoms. The first-order chi connectivity index (χ1) is 12.8. The monoisotopic (exact) mass is 406 g/mol. The van der Waals surface area contributed by atoms with Crippen LogP contribution in [0.2, 0.25) is 5.02 Å². The highest BCUT2D eigenvalue weighted by Crippen LogP contribution is 2.25. The minimum Gasteiger partial charge on any atom is -0.326 e. The number of piperidine rings is 1. The summed E-state index contributed by atoms with van der Waals surface area (Å²) in [7, 11) is -3.45. The van der Waals surface area contributed by atoms with Crippen molar-refractivity contribution in [2.75, 3.05) is 18.4 Å². The minimum atomic E-state index is -3.45. The van der Waals surface area contributed by atoms with E-state index in [1.54, 1.807) is 30.3 Å². The molecule has 0 aromatic heterocycles. The molecule has 1 N–H and O–H groups in total. The zero-order chi connectivity index (χ0) is 19.4. The normalized spacial score (nSPS) is 18.2. The zero-order valence-electron chi connectivity index (χ0n) is 15.2. The number of nitrogens with zero attached hydrogens (tertiary/aromatic N) is 1. The van der Waals surface area contributed by atoms with Gasteiger partial charge >= 0.3 is 0 Å². The van der Waals surface area contributed by atoms with E-state index in [4.69, 9.17) is 11.6 Å². The highest BCUT2D eigenvalue weighted by molar-refractivity contribution is 7.88. The van der Waals surface area contributed by atoms with Gasteiger partial charge in [0.2, 0.25) is 15.9 Å². The van der Waals surface area contributed by atoms with Crippen LogP contribution >= 0.6 is 11.6 Å². The fourth-order valence-corrected chi connectivity index (χ4v) is 5.12. The summed E-state index contributed by atoms with van der Waals surface area (Å²) < 4.78 is 27.0. The van der Waals surface area contributed by atoms with Gasteiger partial charge in [0.15, 0.2) is 0 Å². The van der Waals surface area contributed by atoms with Crippen LogP contribution < -0.4 is 5.32 Å². The van der Waals surface area contributed by atoms with E-state index in [-0.39, 0.29) is 24.1 Å². The van der Waals surface area contributed by atoms with Gasteiger partial charge in [-0.05, 0) is 49.1 Å². The third-order valence-corrected chi connectivity index (χ3v) is 6.84. The summed E-state index contributed by atoms with van der Waals surface area (Å²) in [5.74, 6) is -0.558. The highest BCUT2D eigenvalue weighted by atomic mass is 35.5. The first kappa shape index (κ1) is 19.9. The summed E-state index contributed by atoms with van der Waals surface area (Å²) in [6.07, 6.45) is 1.35. The number of nitrogens with one attached hydrogen (secondary N) is 1. The van der Waals surface area contributed by atoms with Gasteiger partial charge < -0.3 is 5.32 Å². The maximum Gasteiger partial charge on any atom is 0.228 e. The quantitative estimate of drug-likeness (QED) is 0.820. The Morgan fingerprint density at radius 3 is 2.67 bits per heavy atom. The molecule has 0 bridgehead atoms.